The van der Waals surface area contributed by atoms with Crippen LogP contribution in [0.3, 0.4) is 0 Å². The maximum absolute atomic E-state index is 12.5. The summed E-state index contributed by atoms with van der Waals surface area (Å²) in [4.78, 5) is 43.9. The predicted octanol–water partition coefficient (Wildman–Crippen LogP) is 5.46. The number of nitrogens with zero attached hydrogens (tertiary/aromatic N) is 3. The number of hydrogen-bond donors (Lipinski definition) is 2. The fourth-order valence-corrected chi connectivity index (χ4v) is 4.34. The van der Waals surface area contributed by atoms with Gasteiger partial charge in [-0.2, -0.15) is 8.78 Å². The van der Waals surface area contributed by atoms with Crippen molar-refractivity contribution in [1.29, 1.82) is 0 Å². The Kier molecular flexibility index (Phi) is 10.5. The second-order valence-electron chi connectivity index (χ2n) is 10.0. The van der Waals surface area contributed by atoms with Crippen molar-refractivity contribution in [3.63, 3.8) is 0 Å². The minimum Gasteiger partial charge on any atom is -0.460 e. The number of rotatable bonds is 12. The number of nitro groups is 1. The number of benzene rings is 3. The molecule has 1 heterocycles. The van der Waals surface area contributed by atoms with Crippen LogP contribution in [0.1, 0.15) is 37.0 Å². The fourth-order valence-electron chi connectivity index (χ4n) is 4.34. The van der Waals surface area contributed by atoms with Crippen LogP contribution >= 0.6 is 0 Å². The van der Waals surface area contributed by atoms with Gasteiger partial charge in [-0.25, -0.2) is 9.42 Å². The average molecular weight is 626 g/mol. The molecule has 15 heteroatoms. The number of ether oxygens (including phenoxy) is 2. The Hall–Kier alpha value is -5.31. The van der Waals surface area contributed by atoms with Gasteiger partial charge in [0.2, 0.25) is 5.52 Å². The lowest BCUT2D eigenvalue weighted by Gasteiger charge is -2.10. The van der Waals surface area contributed by atoms with Crippen molar-refractivity contribution in [2.24, 2.45) is 0 Å². The van der Waals surface area contributed by atoms with Gasteiger partial charge in [0.25, 0.3) is 5.92 Å². The molecule has 0 saturated heterocycles. The lowest BCUT2D eigenvalue weighted by atomic mass is 10.1. The van der Waals surface area contributed by atoms with Crippen LogP contribution in [-0.2, 0) is 19.1 Å². The Labute approximate surface area is 254 Å². The Morgan fingerprint density at radius 3 is 2.47 bits per heavy atom. The summed E-state index contributed by atoms with van der Waals surface area (Å²) in [5, 5.41) is 26.6. The van der Waals surface area contributed by atoms with Crippen molar-refractivity contribution < 1.29 is 42.2 Å². The highest BCUT2D eigenvalue weighted by atomic mass is 19.3. The molecule has 5 rings (SSSR count). The number of hydrogen-bond acceptors (Lipinski definition) is 12. The number of anilines is 2. The first-order valence-corrected chi connectivity index (χ1v) is 13.7. The van der Waals surface area contributed by atoms with Crippen LogP contribution in [0.2, 0.25) is 0 Å². The monoisotopic (exact) mass is 625 g/mol. The molecule has 0 saturated carbocycles. The summed E-state index contributed by atoms with van der Waals surface area (Å²) in [7, 11) is 0. The fraction of sp³-hybridized carbons (Fsp3) is 0.300. The van der Waals surface area contributed by atoms with E-state index >= 15 is 0 Å². The van der Waals surface area contributed by atoms with E-state index < -0.39 is 23.1 Å². The molecule has 0 spiro atoms. The molecule has 0 atom stereocenters. The van der Waals surface area contributed by atoms with Crippen molar-refractivity contribution in [2.75, 3.05) is 37.0 Å². The zero-order valence-corrected chi connectivity index (χ0v) is 24.3. The number of nitro benzene ring substituents is 1. The van der Waals surface area contributed by atoms with Gasteiger partial charge in [-0.1, -0.05) is 12.1 Å². The molecular weight excluding hydrogens is 596 g/mol. The van der Waals surface area contributed by atoms with Crippen LogP contribution in [0.4, 0.5) is 25.8 Å². The van der Waals surface area contributed by atoms with Gasteiger partial charge in [-0.05, 0) is 64.8 Å². The van der Waals surface area contributed by atoms with Crippen LogP contribution < -0.4 is 10.6 Å². The first kappa shape index (κ1) is 32.6. The third kappa shape index (κ3) is 8.63. The molecule has 3 aromatic carbocycles. The number of carbonyl (C=O) groups excluding carboxylic acids is 3. The molecule has 236 valence electrons. The molecular formula is C30H29F2N5O8. The summed E-state index contributed by atoms with van der Waals surface area (Å²) in [6, 6.07) is 14.0. The van der Waals surface area contributed by atoms with Gasteiger partial charge in [-0.3, -0.25) is 19.7 Å². The van der Waals surface area contributed by atoms with E-state index in [1.165, 1.54) is 12.1 Å². The number of esters is 1. The Balaban J connectivity index is 0.000000700. The van der Waals surface area contributed by atoms with E-state index in [0.29, 0.717) is 37.7 Å². The number of carbonyl (C=O) groups is 3. The zero-order valence-electron chi connectivity index (χ0n) is 24.3. The number of aldehydes is 1. The van der Waals surface area contributed by atoms with E-state index in [4.69, 9.17) is 14.3 Å². The summed E-state index contributed by atoms with van der Waals surface area (Å²) >= 11 is 0. The lowest BCUT2D eigenvalue weighted by Crippen LogP contribution is -2.15. The molecule has 1 aliphatic carbocycles. The highest BCUT2D eigenvalue weighted by molar-refractivity contribution is 5.99. The highest BCUT2D eigenvalue weighted by Crippen LogP contribution is 2.29. The summed E-state index contributed by atoms with van der Waals surface area (Å²) in [5.41, 5.74) is 3.74. The lowest BCUT2D eigenvalue weighted by molar-refractivity contribution is -0.383. The molecule has 13 nitrogen and oxygen atoms in total. The second-order valence-corrected chi connectivity index (χ2v) is 10.0. The summed E-state index contributed by atoms with van der Waals surface area (Å²) in [6.45, 7) is 3.37. The van der Waals surface area contributed by atoms with E-state index in [0.717, 1.165) is 34.2 Å². The van der Waals surface area contributed by atoms with E-state index in [1.807, 2.05) is 31.2 Å². The van der Waals surface area contributed by atoms with Crippen molar-refractivity contribution in [2.45, 2.75) is 32.6 Å². The molecule has 0 fully saturated rings. The first-order valence-electron chi connectivity index (χ1n) is 13.7. The molecule has 4 aromatic rings. The molecule has 0 aliphatic heterocycles. The van der Waals surface area contributed by atoms with E-state index in [1.54, 1.807) is 12.1 Å². The number of alkyl halides is 2. The normalized spacial score (nSPS) is 13.0. The number of fused-ring (bicyclic) bond motifs is 2. The smallest absolute Gasteiger partial charge is 0.338 e. The third-order valence-electron chi connectivity index (χ3n) is 6.66. The standard InChI is InChI=1S/C27H25N5O7.C3H4F2O/c1-16-21(7-9-24(16)33)29-20-5-4-17-14-19(3-2-18(17)15-20)27(34)38-13-12-37-11-10-28-22-6-8-23(32(35)36)26-25(22)30-39-31-26;1-3(4,5)2-6/h2-6,8,14-15,28-29H,7,9-13H2,1H3;2H,1H3. The van der Waals surface area contributed by atoms with Crippen molar-refractivity contribution in [3.05, 3.63) is 75.5 Å². The molecule has 2 N–H and O–H groups in total. The summed E-state index contributed by atoms with van der Waals surface area (Å²) in [5.74, 6) is -3.41. The molecule has 0 unspecified atom stereocenters. The van der Waals surface area contributed by atoms with Crippen molar-refractivity contribution >= 4 is 56.9 Å². The predicted molar refractivity (Wildman–Crippen MR) is 159 cm³/mol. The molecule has 45 heavy (non-hydrogen) atoms. The van der Waals surface area contributed by atoms with E-state index in [-0.39, 0.29) is 35.7 Å². The molecule has 0 amide bonds. The van der Waals surface area contributed by atoms with Crippen LogP contribution in [0.15, 0.2) is 64.4 Å². The number of ketones is 1. The van der Waals surface area contributed by atoms with Crippen LogP contribution in [0, 0.1) is 10.1 Å². The van der Waals surface area contributed by atoms with Crippen LogP contribution in [0.25, 0.3) is 21.8 Å². The van der Waals surface area contributed by atoms with Gasteiger partial charge >= 0.3 is 11.7 Å². The number of Topliss-reactive ketones (excluding diaryl/α,β-unsaturated/α-hetero) is 1. The molecule has 1 aromatic heterocycles. The van der Waals surface area contributed by atoms with Gasteiger partial charge in [0.15, 0.2) is 17.6 Å². The Morgan fingerprint density at radius 1 is 1.07 bits per heavy atom. The number of nitrogens with one attached hydrogen (secondary N) is 2. The number of allylic oxidation sites excluding steroid dienone is 2. The SMILES string of the molecule is CC(F)(F)C=O.CC1=C(Nc2ccc3cc(C(=O)OCCOCCNc4ccc([N+](=O)[O-])c5nonc45)ccc3c2)CCC1=O. The number of aromatic nitrogens is 2. The Bertz CT molecular complexity index is 1770. The molecule has 0 radical (unpaired) electrons. The molecule has 1 aliphatic rings. The molecule has 0 bridgehead atoms. The average Bonchev–Trinajstić information content (AvgIpc) is 3.63. The van der Waals surface area contributed by atoms with Crippen molar-refractivity contribution in [1.82, 2.24) is 10.3 Å². The van der Waals surface area contributed by atoms with Gasteiger partial charge in [0, 0.05) is 42.9 Å². The summed E-state index contributed by atoms with van der Waals surface area (Å²) in [6.07, 6.45) is 0.868. The zero-order chi connectivity index (χ0) is 32.6. The van der Waals surface area contributed by atoms with E-state index in [2.05, 4.69) is 25.6 Å². The number of non-ortho nitro benzene ring substituents is 1. The van der Waals surface area contributed by atoms with Gasteiger partial charge in [-0.15, -0.1) is 0 Å². The number of halogens is 2. The summed E-state index contributed by atoms with van der Waals surface area (Å²) < 4.78 is 37.6. The van der Waals surface area contributed by atoms with Gasteiger partial charge in [0.1, 0.15) is 6.61 Å². The Morgan fingerprint density at radius 2 is 1.78 bits per heavy atom. The largest absolute Gasteiger partial charge is 0.460 e. The topological polar surface area (TPSA) is 176 Å². The second kappa shape index (κ2) is 14.4. The highest BCUT2D eigenvalue weighted by Gasteiger charge is 2.20. The maximum atomic E-state index is 12.5. The van der Waals surface area contributed by atoms with Crippen LogP contribution in [-0.4, -0.2) is 65.6 Å². The first-order chi connectivity index (χ1) is 21.5. The third-order valence-corrected chi connectivity index (χ3v) is 6.66. The maximum Gasteiger partial charge on any atom is 0.338 e. The van der Waals surface area contributed by atoms with Crippen LogP contribution in [0.5, 0.6) is 0 Å². The van der Waals surface area contributed by atoms with Crippen molar-refractivity contribution in [3.8, 4) is 0 Å². The minimum absolute atomic E-state index is 0.0677. The van der Waals surface area contributed by atoms with Gasteiger partial charge < -0.3 is 20.1 Å². The minimum atomic E-state index is -3.14. The van der Waals surface area contributed by atoms with E-state index in [9.17, 15) is 28.5 Å². The quantitative estimate of drug-likeness (QED) is 0.0669. The van der Waals surface area contributed by atoms with Gasteiger partial charge in [0.05, 0.1) is 29.4 Å².